The Morgan fingerprint density at radius 2 is 2.00 bits per heavy atom. The molecule has 0 amide bonds. The second-order valence-corrected chi connectivity index (χ2v) is 5.07. The van der Waals surface area contributed by atoms with Crippen LogP contribution in [0, 0.1) is 11.3 Å². The van der Waals surface area contributed by atoms with Crippen LogP contribution in [0.2, 0.25) is 0 Å². The van der Waals surface area contributed by atoms with Gasteiger partial charge >= 0.3 is 0 Å². The molecule has 0 aromatic heterocycles. The standard InChI is InChI=1S/C13H17N/c1-2-4-11(5-3-1)6-13-7-12(8-13)9-14-10-13/h1-5,12,14H,6-10H2. The third-order valence-corrected chi connectivity index (χ3v) is 3.80. The Kier molecular flexibility index (Phi) is 1.88. The zero-order valence-corrected chi connectivity index (χ0v) is 8.50. The molecule has 2 saturated heterocycles. The average Bonchev–Trinajstić information content (AvgIpc) is 2.18. The van der Waals surface area contributed by atoms with Crippen molar-refractivity contribution >= 4 is 0 Å². The maximum absolute atomic E-state index is 3.55. The summed E-state index contributed by atoms with van der Waals surface area (Å²) < 4.78 is 0. The molecule has 2 bridgehead atoms. The van der Waals surface area contributed by atoms with Crippen molar-refractivity contribution in [1.29, 1.82) is 0 Å². The number of rotatable bonds is 2. The smallest absolute Gasteiger partial charge is 0.00113 e. The summed E-state index contributed by atoms with van der Waals surface area (Å²) in [5, 5.41) is 3.55. The van der Waals surface area contributed by atoms with E-state index in [0.29, 0.717) is 5.41 Å². The summed E-state index contributed by atoms with van der Waals surface area (Å²) in [6.07, 6.45) is 4.18. The van der Waals surface area contributed by atoms with E-state index in [0.717, 1.165) is 5.92 Å². The van der Waals surface area contributed by atoms with Gasteiger partial charge in [-0.15, -0.1) is 0 Å². The highest BCUT2D eigenvalue weighted by molar-refractivity contribution is 5.19. The van der Waals surface area contributed by atoms with Crippen LogP contribution in [0.4, 0.5) is 0 Å². The normalized spacial score (nSPS) is 35.0. The van der Waals surface area contributed by atoms with E-state index >= 15 is 0 Å². The van der Waals surface area contributed by atoms with Crippen molar-refractivity contribution in [1.82, 2.24) is 5.32 Å². The lowest BCUT2D eigenvalue weighted by Crippen LogP contribution is -2.55. The SMILES string of the molecule is c1ccc(CC23CNCC(C2)C3)cc1. The van der Waals surface area contributed by atoms with Gasteiger partial charge < -0.3 is 5.32 Å². The van der Waals surface area contributed by atoms with E-state index in [9.17, 15) is 0 Å². The van der Waals surface area contributed by atoms with E-state index < -0.39 is 0 Å². The molecule has 2 heterocycles. The highest BCUT2D eigenvalue weighted by Crippen LogP contribution is 2.49. The molecule has 1 nitrogen and oxygen atoms in total. The van der Waals surface area contributed by atoms with Gasteiger partial charge in [0, 0.05) is 6.54 Å². The van der Waals surface area contributed by atoms with Crippen molar-refractivity contribution in [2.24, 2.45) is 11.3 Å². The predicted molar refractivity (Wildman–Crippen MR) is 58.2 cm³/mol. The van der Waals surface area contributed by atoms with Crippen LogP contribution in [0.25, 0.3) is 0 Å². The number of nitrogens with one attached hydrogen (secondary N) is 1. The molecule has 1 aromatic rings. The molecule has 4 rings (SSSR count). The lowest BCUT2D eigenvalue weighted by molar-refractivity contribution is 0.0145. The molecule has 14 heavy (non-hydrogen) atoms. The lowest BCUT2D eigenvalue weighted by Gasteiger charge is -2.53. The minimum absolute atomic E-state index is 0.615. The fourth-order valence-corrected chi connectivity index (χ4v) is 3.23. The molecule has 1 heteroatoms. The second kappa shape index (κ2) is 3.09. The Labute approximate surface area is 85.5 Å². The summed E-state index contributed by atoms with van der Waals surface area (Å²) in [4.78, 5) is 0. The Morgan fingerprint density at radius 1 is 1.21 bits per heavy atom. The molecule has 3 fully saturated rings. The average molecular weight is 187 g/mol. The first-order chi connectivity index (χ1) is 6.86. The van der Waals surface area contributed by atoms with Gasteiger partial charge in [0.05, 0.1) is 0 Å². The zero-order chi connectivity index (χ0) is 9.43. The van der Waals surface area contributed by atoms with Gasteiger partial charge in [-0.1, -0.05) is 30.3 Å². The van der Waals surface area contributed by atoms with E-state index in [4.69, 9.17) is 0 Å². The van der Waals surface area contributed by atoms with Gasteiger partial charge in [-0.25, -0.2) is 0 Å². The number of piperidine rings is 2. The third-order valence-electron chi connectivity index (χ3n) is 3.80. The third kappa shape index (κ3) is 1.36. The van der Waals surface area contributed by atoms with Gasteiger partial charge in [-0.3, -0.25) is 0 Å². The minimum atomic E-state index is 0.615. The van der Waals surface area contributed by atoms with Crippen LogP contribution < -0.4 is 5.32 Å². The van der Waals surface area contributed by atoms with Gasteiger partial charge in [-0.05, 0) is 42.7 Å². The number of hydrogen-bond acceptors (Lipinski definition) is 1. The Morgan fingerprint density at radius 3 is 2.64 bits per heavy atom. The van der Waals surface area contributed by atoms with E-state index in [1.807, 2.05) is 0 Å². The summed E-state index contributed by atoms with van der Waals surface area (Å²) in [5.74, 6) is 0.979. The molecular weight excluding hydrogens is 170 g/mol. The van der Waals surface area contributed by atoms with E-state index in [-0.39, 0.29) is 0 Å². The van der Waals surface area contributed by atoms with Crippen LogP contribution >= 0.6 is 0 Å². The largest absolute Gasteiger partial charge is 0.316 e. The molecule has 1 aliphatic carbocycles. The van der Waals surface area contributed by atoms with E-state index in [1.165, 1.54) is 37.9 Å². The van der Waals surface area contributed by atoms with Gasteiger partial charge in [0.2, 0.25) is 0 Å². The molecule has 3 aliphatic rings. The molecule has 74 valence electrons. The Balaban J connectivity index is 1.73. The Bertz CT molecular complexity index is 306. The first-order valence-electron chi connectivity index (χ1n) is 5.61. The van der Waals surface area contributed by atoms with Crippen LogP contribution in [-0.2, 0) is 6.42 Å². The van der Waals surface area contributed by atoms with Crippen LogP contribution in [0.15, 0.2) is 30.3 Å². The van der Waals surface area contributed by atoms with Crippen molar-refractivity contribution < 1.29 is 0 Å². The molecule has 0 atom stereocenters. The van der Waals surface area contributed by atoms with E-state index in [2.05, 4.69) is 35.6 Å². The van der Waals surface area contributed by atoms with Crippen molar-refractivity contribution in [3.63, 3.8) is 0 Å². The Hall–Kier alpha value is -0.820. The first kappa shape index (κ1) is 8.49. The van der Waals surface area contributed by atoms with Gasteiger partial charge in [0.15, 0.2) is 0 Å². The molecule has 0 radical (unpaired) electrons. The van der Waals surface area contributed by atoms with Crippen molar-refractivity contribution in [3.05, 3.63) is 35.9 Å². The van der Waals surface area contributed by atoms with Crippen molar-refractivity contribution in [2.75, 3.05) is 13.1 Å². The monoisotopic (exact) mass is 187 g/mol. The van der Waals surface area contributed by atoms with Gasteiger partial charge in [-0.2, -0.15) is 0 Å². The van der Waals surface area contributed by atoms with Crippen LogP contribution in [0.1, 0.15) is 18.4 Å². The summed E-state index contributed by atoms with van der Waals surface area (Å²) in [7, 11) is 0. The highest BCUT2D eigenvalue weighted by Gasteiger charge is 2.46. The minimum Gasteiger partial charge on any atom is -0.316 e. The maximum Gasteiger partial charge on any atom is 0.00113 e. The van der Waals surface area contributed by atoms with Crippen LogP contribution in [-0.4, -0.2) is 13.1 Å². The van der Waals surface area contributed by atoms with E-state index in [1.54, 1.807) is 0 Å². The topological polar surface area (TPSA) is 12.0 Å². The summed E-state index contributed by atoms with van der Waals surface area (Å²) >= 11 is 0. The van der Waals surface area contributed by atoms with Crippen LogP contribution in [0.3, 0.4) is 0 Å². The van der Waals surface area contributed by atoms with Gasteiger partial charge in [0.1, 0.15) is 0 Å². The molecule has 1 N–H and O–H groups in total. The number of benzene rings is 1. The van der Waals surface area contributed by atoms with Gasteiger partial charge in [0.25, 0.3) is 0 Å². The quantitative estimate of drug-likeness (QED) is 0.748. The fourth-order valence-electron chi connectivity index (χ4n) is 3.23. The van der Waals surface area contributed by atoms with Crippen molar-refractivity contribution in [2.45, 2.75) is 19.3 Å². The summed E-state index contributed by atoms with van der Waals surface area (Å²) in [6, 6.07) is 10.9. The molecule has 1 aromatic carbocycles. The summed E-state index contributed by atoms with van der Waals surface area (Å²) in [5.41, 5.74) is 2.12. The molecule has 1 saturated carbocycles. The second-order valence-electron chi connectivity index (χ2n) is 5.07. The highest BCUT2D eigenvalue weighted by atomic mass is 14.9. The molecule has 2 aliphatic heterocycles. The molecule has 0 unspecified atom stereocenters. The maximum atomic E-state index is 3.55. The molecule has 0 spiro atoms. The predicted octanol–water partition coefficient (Wildman–Crippen LogP) is 2.23. The number of fused-ring (bicyclic) bond motifs is 2. The fraction of sp³-hybridized carbons (Fsp3) is 0.538. The molecular formula is C13H17N. The zero-order valence-electron chi connectivity index (χ0n) is 8.50. The lowest BCUT2D eigenvalue weighted by atomic mass is 9.57. The number of hydrogen-bond donors (Lipinski definition) is 1. The first-order valence-corrected chi connectivity index (χ1v) is 5.61. The van der Waals surface area contributed by atoms with Crippen molar-refractivity contribution in [3.8, 4) is 0 Å². The summed E-state index contributed by atoms with van der Waals surface area (Å²) in [6.45, 7) is 2.49. The van der Waals surface area contributed by atoms with Crippen LogP contribution in [0.5, 0.6) is 0 Å².